The first kappa shape index (κ1) is 11.0. The maximum Gasteiger partial charge on any atom is 0.164 e. The van der Waals surface area contributed by atoms with Gasteiger partial charge in [0.1, 0.15) is 0 Å². The van der Waals surface area contributed by atoms with Crippen LogP contribution in [0.5, 0.6) is 0 Å². The van der Waals surface area contributed by atoms with Gasteiger partial charge in [0.25, 0.3) is 0 Å². The number of carbonyl (C=O) groups is 1. The zero-order valence-corrected chi connectivity index (χ0v) is 9.94. The Morgan fingerprint density at radius 3 is 2.57 bits per heavy atom. The largest absolute Gasteiger partial charge is 0.398 e. The van der Waals surface area contributed by atoms with Crippen LogP contribution in [0, 0.1) is 0 Å². The summed E-state index contributed by atoms with van der Waals surface area (Å²) in [6, 6.07) is 8.35. The quantitative estimate of drug-likeness (QED) is 0.468. The molecule has 0 aromatic heterocycles. The van der Waals surface area contributed by atoms with Crippen LogP contribution in [0.1, 0.15) is 16.8 Å². The Balaban J connectivity index is 2.65. The highest BCUT2D eigenvalue weighted by atomic mass is 28.3. The van der Waals surface area contributed by atoms with E-state index in [2.05, 4.69) is 13.1 Å². The Bertz CT molecular complexity index is 323. The molecule has 76 valence electrons. The molecule has 3 heteroatoms. The van der Waals surface area contributed by atoms with E-state index in [4.69, 9.17) is 5.73 Å². The van der Waals surface area contributed by atoms with E-state index in [9.17, 15) is 4.79 Å². The predicted molar refractivity (Wildman–Crippen MR) is 63.5 cm³/mol. The van der Waals surface area contributed by atoms with E-state index < -0.39 is 8.80 Å². The summed E-state index contributed by atoms with van der Waals surface area (Å²) in [7, 11) is -0.628. The summed E-state index contributed by atoms with van der Waals surface area (Å²) in [6.07, 6.45) is 0.651. The van der Waals surface area contributed by atoms with E-state index in [0.29, 0.717) is 17.7 Å². The van der Waals surface area contributed by atoms with Crippen LogP contribution in [0.2, 0.25) is 19.1 Å². The SMILES string of the molecule is C[SiH](C)CCC(=O)c1ccccc1N. The van der Waals surface area contributed by atoms with Crippen LogP contribution in [-0.2, 0) is 0 Å². The van der Waals surface area contributed by atoms with Crippen molar-refractivity contribution < 1.29 is 4.79 Å². The maximum atomic E-state index is 11.7. The molecule has 14 heavy (non-hydrogen) atoms. The molecule has 0 amide bonds. The molecular formula is C11H17NOSi. The van der Waals surface area contributed by atoms with Crippen LogP contribution in [0.3, 0.4) is 0 Å². The van der Waals surface area contributed by atoms with E-state index in [1.807, 2.05) is 12.1 Å². The number of para-hydroxylation sites is 1. The summed E-state index contributed by atoms with van der Waals surface area (Å²) >= 11 is 0. The van der Waals surface area contributed by atoms with Gasteiger partial charge in [0.05, 0.1) is 0 Å². The minimum atomic E-state index is -0.628. The summed E-state index contributed by atoms with van der Waals surface area (Å²) < 4.78 is 0. The third kappa shape index (κ3) is 2.99. The Labute approximate surface area is 86.7 Å². The Hall–Kier alpha value is -1.09. The Morgan fingerprint density at radius 1 is 1.36 bits per heavy atom. The van der Waals surface area contributed by atoms with Crippen LogP contribution < -0.4 is 5.73 Å². The molecule has 2 N–H and O–H groups in total. The monoisotopic (exact) mass is 207 g/mol. The number of benzene rings is 1. The fourth-order valence-corrected chi connectivity index (χ4v) is 2.14. The van der Waals surface area contributed by atoms with Crippen molar-refractivity contribution in [1.82, 2.24) is 0 Å². The third-order valence-corrected chi connectivity index (χ3v) is 3.65. The lowest BCUT2D eigenvalue weighted by Crippen LogP contribution is -2.07. The molecule has 1 aromatic rings. The summed E-state index contributed by atoms with van der Waals surface area (Å²) in [5, 5.41) is 0. The van der Waals surface area contributed by atoms with Crippen LogP contribution in [0.15, 0.2) is 24.3 Å². The van der Waals surface area contributed by atoms with E-state index in [1.165, 1.54) is 0 Å². The molecule has 0 atom stereocenters. The highest BCUT2D eigenvalue weighted by Gasteiger charge is 2.09. The van der Waals surface area contributed by atoms with Crippen molar-refractivity contribution in [3.8, 4) is 0 Å². The van der Waals surface area contributed by atoms with E-state index in [-0.39, 0.29) is 5.78 Å². The lowest BCUT2D eigenvalue weighted by atomic mass is 10.1. The standard InChI is InChI=1S/C11H17NOSi/c1-14(2)8-7-11(13)9-5-3-4-6-10(9)12/h3-6,14H,7-8,12H2,1-2H3. The summed E-state index contributed by atoms with van der Waals surface area (Å²) in [5.41, 5.74) is 7.00. The van der Waals surface area contributed by atoms with Crippen molar-refractivity contribution in [3.63, 3.8) is 0 Å². The molecule has 0 unspecified atom stereocenters. The van der Waals surface area contributed by atoms with Crippen LogP contribution in [-0.4, -0.2) is 14.6 Å². The number of rotatable bonds is 4. The fourth-order valence-electron chi connectivity index (χ4n) is 1.31. The van der Waals surface area contributed by atoms with E-state index in [0.717, 1.165) is 6.04 Å². The van der Waals surface area contributed by atoms with Crippen molar-refractivity contribution >= 4 is 20.3 Å². The number of nitrogens with two attached hydrogens (primary N) is 1. The number of hydrogen-bond donors (Lipinski definition) is 1. The molecule has 0 fully saturated rings. The number of carbonyl (C=O) groups excluding carboxylic acids is 1. The van der Waals surface area contributed by atoms with Gasteiger partial charge >= 0.3 is 0 Å². The van der Waals surface area contributed by atoms with Crippen LogP contribution in [0.4, 0.5) is 5.69 Å². The molecule has 0 spiro atoms. The Morgan fingerprint density at radius 2 is 2.00 bits per heavy atom. The topological polar surface area (TPSA) is 43.1 Å². The Kier molecular flexibility index (Phi) is 3.89. The molecule has 0 aliphatic carbocycles. The lowest BCUT2D eigenvalue weighted by Gasteiger charge is -2.05. The molecule has 1 aromatic carbocycles. The molecule has 1 rings (SSSR count). The molecule has 0 aliphatic rings. The van der Waals surface area contributed by atoms with Gasteiger partial charge in [-0.05, 0) is 12.1 Å². The van der Waals surface area contributed by atoms with Crippen molar-refractivity contribution in [2.75, 3.05) is 5.73 Å². The first-order valence-electron chi connectivity index (χ1n) is 4.99. The highest BCUT2D eigenvalue weighted by molar-refractivity contribution is 6.56. The van der Waals surface area contributed by atoms with Gasteiger partial charge in [0, 0.05) is 26.5 Å². The second-order valence-corrected chi connectivity index (χ2v) is 7.31. The number of hydrogen-bond acceptors (Lipinski definition) is 2. The van der Waals surface area contributed by atoms with E-state index >= 15 is 0 Å². The first-order valence-corrected chi connectivity index (χ1v) is 8.11. The second-order valence-electron chi connectivity index (χ2n) is 3.94. The molecule has 0 aliphatic heterocycles. The molecule has 0 heterocycles. The fraction of sp³-hybridized carbons (Fsp3) is 0.364. The van der Waals surface area contributed by atoms with Gasteiger partial charge in [-0.1, -0.05) is 31.3 Å². The third-order valence-electron chi connectivity index (χ3n) is 2.21. The van der Waals surface area contributed by atoms with Gasteiger partial charge in [0.15, 0.2) is 5.78 Å². The lowest BCUT2D eigenvalue weighted by molar-refractivity contribution is 0.0989. The smallest absolute Gasteiger partial charge is 0.164 e. The molecule has 0 saturated heterocycles. The number of Topliss-reactive ketones (excluding diaryl/α,β-unsaturated/α-hetero) is 1. The average molecular weight is 207 g/mol. The number of anilines is 1. The first-order chi connectivity index (χ1) is 6.61. The van der Waals surface area contributed by atoms with Gasteiger partial charge < -0.3 is 5.73 Å². The van der Waals surface area contributed by atoms with Gasteiger partial charge in [-0.25, -0.2) is 0 Å². The molecule has 2 nitrogen and oxygen atoms in total. The van der Waals surface area contributed by atoms with Crippen molar-refractivity contribution in [2.45, 2.75) is 25.6 Å². The molecular weight excluding hydrogens is 190 g/mol. The van der Waals surface area contributed by atoms with Gasteiger partial charge in [-0.3, -0.25) is 4.79 Å². The molecule has 0 radical (unpaired) electrons. The zero-order chi connectivity index (χ0) is 10.6. The zero-order valence-electron chi connectivity index (χ0n) is 8.79. The maximum absolute atomic E-state index is 11.7. The summed E-state index contributed by atoms with van der Waals surface area (Å²) in [6.45, 7) is 4.50. The highest BCUT2D eigenvalue weighted by Crippen LogP contribution is 2.14. The summed E-state index contributed by atoms with van der Waals surface area (Å²) in [5.74, 6) is 0.185. The number of nitrogen functional groups attached to an aromatic ring is 1. The minimum Gasteiger partial charge on any atom is -0.398 e. The molecule has 0 bridgehead atoms. The van der Waals surface area contributed by atoms with Crippen molar-refractivity contribution in [3.05, 3.63) is 29.8 Å². The second kappa shape index (κ2) is 4.96. The average Bonchev–Trinajstić information content (AvgIpc) is 2.15. The van der Waals surface area contributed by atoms with Gasteiger partial charge in [-0.15, -0.1) is 0 Å². The predicted octanol–water partition coefficient (Wildman–Crippen LogP) is 2.33. The van der Waals surface area contributed by atoms with Crippen molar-refractivity contribution in [2.24, 2.45) is 0 Å². The van der Waals surface area contributed by atoms with E-state index in [1.54, 1.807) is 12.1 Å². The normalized spacial score (nSPS) is 10.5. The number of ketones is 1. The van der Waals surface area contributed by atoms with Crippen LogP contribution in [0.25, 0.3) is 0 Å². The van der Waals surface area contributed by atoms with Gasteiger partial charge in [-0.2, -0.15) is 0 Å². The van der Waals surface area contributed by atoms with Crippen molar-refractivity contribution in [1.29, 1.82) is 0 Å². The van der Waals surface area contributed by atoms with Crippen LogP contribution >= 0.6 is 0 Å². The minimum absolute atomic E-state index is 0.185. The molecule has 0 saturated carbocycles. The van der Waals surface area contributed by atoms with Gasteiger partial charge in [0.2, 0.25) is 0 Å². The summed E-state index contributed by atoms with van der Waals surface area (Å²) in [4.78, 5) is 11.7.